The fourth-order valence-corrected chi connectivity index (χ4v) is 5.54. The van der Waals surface area contributed by atoms with E-state index in [1.807, 2.05) is 54.0 Å². The summed E-state index contributed by atoms with van der Waals surface area (Å²) in [4.78, 5) is 29.5. The normalized spacial score (nSPS) is 21.4. The van der Waals surface area contributed by atoms with Crippen LogP contribution in [0, 0.1) is 0 Å². The van der Waals surface area contributed by atoms with E-state index in [2.05, 4.69) is 5.32 Å². The van der Waals surface area contributed by atoms with Crippen LogP contribution in [0.2, 0.25) is 0 Å². The zero-order valence-electron chi connectivity index (χ0n) is 20.0. The molecule has 1 aromatic heterocycles. The predicted molar refractivity (Wildman–Crippen MR) is 130 cm³/mol. The van der Waals surface area contributed by atoms with Crippen LogP contribution in [0.3, 0.4) is 0 Å². The third-order valence-electron chi connectivity index (χ3n) is 7.59. The molecule has 8 heteroatoms. The van der Waals surface area contributed by atoms with E-state index < -0.39 is 5.54 Å². The van der Waals surface area contributed by atoms with Crippen LogP contribution >= 0.6 is 0 Å². The molecule has 2 aliphatic heterocycles. The molecule has 2 amide bonds. The van der Waals surface area contributed by atoms with Crippen LogP contribution in [0.4, 0.5) is 0 Å². The third kappa shape index (κ3) is 3.59. The Morgan fingerprint density at radius 3 is 2.71 bits per heavy atom. The molecular formula is C27H29N3O5. The number of aromatic nitrogens is 1. The van der Waals surface area contributed by atoms with Crippen molar-refractivity contribution >= 4 is 22.7 Å². The Hall–Kier alpha value is -3.68. The van der Waals surface area contributed by atoms with E-state index in [-0.39, 0.29) is 31.2 Å². The highest BCUT2D eigenvalue weighted by atomic mass is 16.7. The lowest BCUT2D eigenvalue weighted by molar-refractivity contribution is -0.133. The van der Waals surface area contributed by atoms with Gasteiger partial charge in [0.1, 0.15) is 17.0 Å². The molecule has 0 radical (unpaired) electrons. The minimum atomic E-state index is -1.07. The molecule has 3 heterocycles. The number of hydrogen-bond acceptors (Lipinski definition) is 5. The topological polar surface area (TPSA) is 82.0 Å². The van der Waals surface area contributed by atoms with Gasteiger partial charge in [-0.15, -0.1) is 0 Å². The van der Waals surface area contributed by atoms with Gasteiger partial charge in [0.15, 0.2) is 11.5 Å². The highest BCUT2D eigenvalue weighted by molar-refractivity contribution is 6.03. The van der Waals surface area contributed by atoms with Crippen molar-refractivity contribution in [1.82, 2.24) is 14.8 Å². The lowest BCUT2D eigenvalue weighted by atomic mass is 9.93. The Kier molecular flexibility index (Phi) is 5.12. The highest BCUT2D eigenvalue weighted by Gasteiger charge is 2.48. The first-order chi connectivity index (χ1) is 17.0. The summed E-state index contributed by atoms with van der Waals surface area (Å²) in [5.74, 6) is 1.77. The maximum Gasteiger partial charge on any atom is 0.271 e. The maximum atomic E-state index is 14.0. The predicted octanol–water partition coefficient (Wildman–Crippen LogP) is 3.85. The molecule has 182 valence electrons. The van der Waals surface area contributed by atoms with Crippen molar-refractivity contribution in [3.8, 4) is 17.2 Å². The molecule has 0 bridgehead atoms. The molecule has 1 N–H and O–H groups in total. The van der Waals surface area contributed by atoms with Crippen molar-refractivity contribution < 1.29 is 23.8 Å². The van der Waals surface area contributed by atoms with E-state index in [1.165, 1.54) is 0 Å². The molecule has 1 aliphatic carbocycles. The van der Waals surface area contributed by atoms with Gasteiger partial charge in [-0.05, 0) is 55.7 Å². The smallest absolute Gasteiger partial charge is 0.271 e. The average molecular weight is 476 g/mol. The second kappa shape index (κ2) is 8.22. The van der Waals surface area contributed by atoms with Crippen molar-refractivity contribution in [3.05, 3.63) is 53.7 Å². The summed E-state index contributed by atoms with van der Waals surface area (Å²) in [6.45, 7) is 2.70. The zero-order valence-corrected chi connectivity index (χ0v) is 20.0. The molecule has 1 unspecified atom stereocenters. The number of ether oxygens (including phenoxy) is 3. The Morgan fingerprint density at radius 2 is 1.91 bits per heavy atom. The van der Waals surface area contributed by atoms with Gasteiger partial charge in [-0.25, -0.2) is 0 Å². The van der Waals surface area contributed by atoms with E-state index >= 15 is 0 Å². The molecule has 6 rings (SSSR count). The number of carbonyl (C=O) groups is 2. The lowest BCUT2D eigenvalue weighted by Gasteiger charge is -2.44. The standard InChI is InChI=1S/C27H29N3O5/c1-27(26(32)28-19-5-3-4-6-19)15-29-21-13-20(33-2)9-8-18(21)12-22(29)25(31)30(27)14-17-7-10-23-24(11-17)35-16-34-23/h7-13,19H,3-6,14-16H2,1-2H3,(H,28,32). The van der Waals surface area contributed by atoms with Gasteiger partial charge in [0.25, 0.3) is 5.91 Å². The Labute approximate surface area is 203 Å². The van der Waals surface area contributed by atoms with E-state index in [0.29, 0.717) is 29.5 Å². The Morgan fingerprint density at radius 1 is 1.11 bits per heavy atom. The first kappa shape index (κ1) is 21.8. The second-order valence-electron chi connectivity index (χ2n) is 9.85. The fraction of sp³-hybridized carbons (Fsp3) is 0.407. The number of hydrogen-bond donors (Lipinski definition) is 1. The van der Waals surface area contributed by atoms with E-state index in [0.717, 1.165) is 42.1 Å². The van der Waals surface area contributed by atoms with Gasteiger partial charge < -0.3 is 29.0 Å². The number of benzene rings is 2. The van der Waals surface area contributed by atoms with Crippen molar-refractivity contribution in [3.63, 3.8) is 0 Å². The quantitative estimate of drug-likeness (QED) is 0.606. The second-order valence-corrected chi connectivity index (χ2v) is 9.85. The van der Waals surface area contributed by atoms with Crippen LogP contribution in [-0.2, 0) is 17.9 Å². The Bertz CT molecular complexity index is 1330. The number of rotatable bonds is 5. The molecule has 0 spiro atoms. The molecule has 1 fully saturated rings. The largest absolute Gasteiger partial charge is 0.497 e. The third-order valence-corrected chi connectivity index (χ3v) is 7.59. The summed E-state index contributed by atoms with van der Waals surface area (Å²) >= 11 is 0. The SMILES string of the molecule is COc1ccc2cc3n(c2c1)CC(C)(C(=O)NC1CCCC1)N(Cc1ccc2c(c1)OCO2)C3=O. The number of nitrogens with one attached hydrogen (secondary N) is 1. The van der Waals surface area contributed by atoms with Crippen LogP contribution < -0.4 is 19.5 Å². The Balaban J connectivity index is 1.42. The molecule has 1 saturated carbocycles. The van der Waals surface area contributed by atoms with Crippen LogP contribution in [0.5, 0.6) is 17.2 Å². The van der Waals surface area contributed by atoms with Gasteiger partial charge in [-0.2, -0.15) is 0 Å². The fourth-order valence-electron chi connectivity index (χ4n) is 5.54. The molecular weight excluding hydrogens is 446 g/mol. The molecule has 3 aromatic rings. The monoisotopic (exact) mass is 475 g/mol. The molecule has 8 nitrogen and oxygen atoms in total. The van der Waals surface area contributed by atoms with Crippen LogP contribution in [0.1, 0.15) is 48.7 Å². The number of nitrogens with zero attached hydrogens (tertiary/aromatic N) is 2. The summed E-state index contributed by atoms with van der Waals surface area (Å²) in [5.41, 5.74) is 1.27. The summed E-state index contributed by atoms with van der Waals surface area (Å²) in [6.07, 6.45) is 4.20. The van der Waals surface area contributed by atoms with E-state index in [4.69, 9.17) is 14.2 Å². The molecule has 1 atom stereocenters. The molecule has 3 aliphatic rings. The van der Waals surface area contributed by atoms with Gasteiger partial charge in [0.05, 0.1) is 19.2 Å². The summed E-state index contributed by atoms with van der Waals surface area (Å²) in [5, 5.41) is 4.19. The molecule has 0 saturated heterocycles. The molecule has 35 heavy (non-hydrogen) atoms. The minimum Gasteiger partial charge on any atom is -0.497 e. The first-order valence-corrected chi connectivity index (χ1v) is 12.1. The number of fused-ring (bicyclic) bond motifs is 4. The summed E-state index contributed by atoms with van der Waals surface area (Å²) < 4.78 is 18.4. The van der Waals surface area contributed by atoms with Crippen LogP contribution in [0.15, 0.2) is 42.5 Å². The average Bonchev–Trinajstić information content (AvgIpc) is 3.61. The molecule has 2 aromatic carbocycles. The van der Waals surface area contributed by atoms with Crippen molar-refractivity contribution in [2.45, 2.75) is 57.3 Å². The minimum absolute atomic E-state index is 0.117. The van der Waals surface area contributed by atoms with E-state index in [1.54, 1.807) is 12.0 Å². The van der Waals surface area contributed by atoms with Gasteiger partial charge in [0.2, 0.25) is 12.7 Å². The van der Waals surface area contributed by atoms with Crippen molar-refractivity contribution in [2.24, 2.45) is 0 Å². The summed E-state index contributed by atoms with van der Waals surface area (Å²) in [7, 11) is 1.62. The summed E-state index contributed by atoms with van der Waals surface area (Å²) in [6, 6.07) is 13.5. The van der Waals surface area contributed by atoms with Gasteiger partial charge in [0, 0.05) is 24.0 Å². The number of carbonyl (C=O) groups excluding carboxylic acids is 2. The van der Waals surface area contributed by atoms with Gasteiger partial charge in [-0.1, -0.05) is 18.9 Å². The zero-order chi connectivity index (χ0) is 24.2. The van der Waals surface area contributed by atoms with E-state index in [9.17, 15) is 9.59 Å². The highest BCUT2D eigenvalue weighted by Crippen LogP contribution is 2.37. The van der Waals surface area contributed by atoms with Crippen molar-refractivity contribution in [1.29, 1.82) is 0 Å². The van der Waals surface area contributed by atoms with Crippen LogP contribution in [0.25, 0.3) is 10.9 Å². The van der Waals surface area contributed by atoms with Crippen molar-refractivity contribution in [2.75, 3.05) is 13.9 Å². The van der Waals surface area contributed by atoms with Crippen LogP contribution in [-0.4, -0.2) is 46.8 Å². The number of amides is 2. The first-order valence-electron chi connectivity index (χ1n) is 12.1. The number of methoxy groups -OCH3 is 1. The van der Waals surface area contributed by atoms with Gasteiger partial charge in [-0.3, -0.25) is 9.59 Å². The maximum absolute atomic E-state index is 14.0. The lowest BCUT2D eigenvalue weighted by Crippen LogP contribution is -2.64. The van der Waals surface area contributed by atoms with Gasteiger partial charge >= 0.3 is 0 Å².